The van der Waals surface area contributed by atoms with E-state index in [9.17, 15) is 4.79 Å². The number of carbonyl (C=O) groups is 1. The maximum Gasteiger partial charge on any atom is 0.274 e. The summed E-state index contributed by atoms with van der Waals surface area (Å²) >= 11 is 0. The number of nitrogens with zero attached hydrogens (tertiary/aromatic N) is 5. The molecule has 30 heavy (non-hydrogen) atoms. The molecular formula is C23H37N5O2. The summed E-state index contributed by atoms with van der Waals surface area (Å²) in [5.74, 6) is 0.729. The average molecular weight is 416 g/mol. The molecule has 166 valence electrons. The molecule has 0 unspecified atom stereocenters. The topological polar surface area (TPSA) is 61.8 Å². The highest BCUT2D eigenvalue weighted by molar-refractivity contribution is 5.92. The van der Waals surface area contributed by atoms with Gasteiger partial charge in [0, 0.05) is 64.7 Å². The molecule has 4 rings (SSSR count). The lowest BCUT2D eigenvalue weighted by molar-refractivity contribution is -0.132. The van der Waals surface area contributed by atoms with Crippen molar-refractivity contribution in [1.29, 1.82) is 0 Å². The van der Waals surface area contributed by atoms with E-state index >= 15 is 0 Å². The van der Waals surface area contributed by atoms with Crippen LogP contribution in [0.1, 0.15) is 55.7 Å². The van der Waals surface area contributed by atoms with E-state index in [-0.39, 0.29) is 11.5 Å². The first-order chi connectivity index (χ1) is 14.4. The van der Waals surface area contributed by atoms with Gasteiger partial charge in [-0.2, -0.15) is 0 Å². The first kappa shape index (κ1) is 21.7. The van der Waals surface area contributed by atoms with E-state index in [1.807, 2.05) is 11.8 Å². The van der Waals surface area contributed by atoms with Crippen molar-refractivity contribution in [2.24, 2.45) is 5.92 Å². The minimum atomic E-state index is -0.0618. The lowest BCUT2D eigenvalue weighted by atomic mass is 9.81. The van der Waals surface area contributed by atoms with Crippen LogP contribution in [0.5, 0.6) is 0 Å². The van der Waals surface area contributed by atoms with Crippen LogP contribution >= 0.6 is 0 Å². The van der Waals surface area contributed by atoms with Crippen molar-refractivity contribution in [3.05, 3.63) is 23.8 Å². The molecule has 1 atom stereocenters. The fourth-order valence-electron chi connectivity index (χ4n) is 5.27. The van der Waals surface area contributed by atoms with E-state index < -0.39 is 0 Å². The molecule has 7 nitrogen and oxygen atoms in total. The van der Waals surface area contributed by atoms with Crippen molar-refractivity contribution in [2.75, 3.05) is 52.4 Å². The van der Waals surface area contributed by atoms with E-state index in [1.165, 1.54) is 32.7 Å². The Morgan fingerprint density at radius 2 is 1.87 bits per heavy atom. The van der Waals surface area contributed by atoms with E-state index in [4.69, 9.17) is 4.74 Å². The van der Waals surface area contributed by atoms with Gasteiger partial charge in [-0.25, -0.2) is 4.98 Å². The molecular weight excluding hydrogens is 378 g/mol. The van der Waals surface area contributed by atoms with E-state index in [0.29, 0.717) is 11.7 Å². The fraction of sp³-hybridized carbons (Fsp3) is 0.783. The van der Waals surface area contributed by atoms with Gasteiger partial charge in [-0.1, -0.05) is 13.8 Å². The van der Waals surface area contributed by atoms with Gasteiger partial charge in [0.2, 0.25) is 0 Å². The van der Waals surface area contributed by atoms with Gasteiger partial charge >= 0.3 is 0 Å². The third-order valence-electron chi connectivity index (χ3n) is 6.98. The Hall–Kier alpha value is -1.57. The van der Waals surface area contributed by atoms with Gasteiger partial charge in [-0.05, 0) is 38.5 Å². The molecule has 1 spiro atoms. The van der Waals surface area contributed by atoms with Gasteiger partial charge < -0.3 is 14.5 Å². The molecule has 1 aromatic heterocycles. The highest BCUT2D eigenvalue weighted by Crippen LogP contribution is 2.37. The smallest absolute Gasteiger partial charge is 0.274 e. The van der Waals surface area contributed by atoms with Gasteiger partial charge in [-0.15, -0.1) is 0 Å². The average Bonchev–Trinajstić information content (AvgIpc) is 2.75. The maximum absolute atomic E-state index is 12.8. The molecule has 3 fully saturated rings. The second-order valence-electron chi connectivity index (χ2n) is 9.74. The summed E-state index contributed by atoms with van der Waals surface area (Å²) in [6.07, 6.45) is 7.32. The second-order valence-corrected chi connectivity index (χ2v) is 9.74. The maximum atomic E-state index is 12.8. The highest BCUT2D eigenvalue weighted by Gasteiger charge is 2.43. The minimum Gasteiger partial charge on any atom is -0.375 e. The number of hydrogen-bond donors (Lipinski definition) is 0. The molecule has 0 aliphatic carbocycles. The number of aryl methyl sites for hydroxylation is 1. The quantitative estimate of drug-likeness (QED) is 0.751. The predicted octanol–water partition coefficient (Wildman–Crippen LogP) is 2.21. The second kappa shape index (κ2) is 9.28. The molecule has 3 aliphatic heterocycles. The van der Waals surface area contributed by atoms with E-state index in [0.717, 1.165) is 57.0 Å². The molecule has 4 heterocycles. The van der Waals surface area contributed by atoms with Gasteiger partial charge in [0.15, 0.2) is 0 Å². The number of rotatable bonds is 4. The number of hydrogen-bond acceptors (Lipinski definition) is 6. The van der Waals surface area contributed by atoms with Crippen molar-refractivity contribution in [1.82, 2.24) is 24.7 Å². The van der Waals surface area contributed by atoms with Crippen molar-refractivity contribution in [2.45, 2.75) is 58.1 Å². The SMILES string of the molecule is Cc1cnc(C(=O)N2CCC3(CC2)C[C@@H](N2CCN(CC(C)C)CC2)CCO3)cn1. The standard InChI is InChI=1S/C23H37N5O2/c1-18(2)17-26-9-11-27(12-10-26)20-4-13-30-23(14-20)5-7-28(8-6-23)22(29)21-16-24-19(3)15-25-21/h15-16,18,20H,4-14,17H2,1-3H3/t20-/m0/s1. The number of likely N-dealkylation sites (tertiary alicyclic amines) is 1. The van der Waals surface area contributed by atoms with Crippen LogP contribution in [0.4, 0.5) is 0 Å². The normalized spacial score (nSPS) is 25.7. The summed E-state index contributed by atoms with van der Waals surface area (Å²) in [5.41, 5.74) is 1.21. The van der Waals surface area contributed by atoms with Crippen molar-refractivity contribution in [3.8, 4) is 0 Å². The molecule has 1 aromatic rings. The zero-order valence-electron chi connectivity index (χ0n) is 18.8. The molecule has 3 saturated heterocycles. The van der Waals surface area contributed by atoms with Crippen LogP contribution in [0, 0.1) is 12.8 Å². The molecule has 0 bridgehead atoms. The van der Waals surface area contributed by atoms with Crippen LogP contribution in [0.3, 0.4) is 0 Å². The number of amides is 1. The molecule has 3 aliphatic rings. The van der Waals surface area contributed by atoms with Gasteiger partial charge in [0.25, 0.3) is 5.91 Å². The number of aromatic nitrogens is 2. The van der Waals surface area contributed by atoms with Crippen molar-refractivity contribution >= 4 is 5.91 Å². The zero-order valence-corrected chi connectivity index (χ0v) is 18.8. The first-order valence-electron chi connectivity index (χ1n) is 11.6. The Morgan fingerprint density at radius 1 is 1.13 bits per heavy atom. The fourth-order valence-corrected chi connectivity index (χ4v) is 5.27. The minimum absolute atomic E-state index is 0.00835. The lowest BCUT2D eigenvalue weighted by Crippen LogP contribution is -2.57. The van der Waals surface area contributed by atoms with Gasteiger partial charge in [-0.3, -0.25) is 14.7 Å². The van der Waals surface area contributed by atoms with Crippen LogP contribution in [0.2, 0.25) is 0 Å². The Morgan fingerprint density at radius 3 is 2.50 bits per heavy atom. The van der Waals surface area contributed by atoms with Crippen LogP contribution < -0.4 is 0 Å². The Bertz CT molecular complexity index is 707. The van der Waals surface area contributed by atoms with Crippen LogP contribution in [0.25, 0.3) is 0 Å². The summed E-state index contributed by atoms with van der Waals surface area (Å²) in [5, 5.41) is 0. The summed E-state index contributed by atoms with van der Waals surface area (Å²) in [6, 6.07) is 0.616. The number of carbonyl (C=O) groups excluding carboxylic acids is 1. The third kappa shape index (κ3) is 5.01. The summed E-state index contributed by atoms with van der Waals surface area (Å²) in [4.78, 5) is 28.5. The Balaban J connectivity index is 1.30. The molecule has 1 amide bonds. The van der Waals surface area contributed by atoms with E-state index in [1.54, 1.807) is 12.4 Å². The van der Waals surface area contributed by atoms with E-state index in [2.05, 4.69) is 33.6 Å². The molecule has 0 N–H and O–H groups in total. The Labute approximate surface area is 180 Å². The lowest BCUT2D eigenvalue weighted by Gasteiger charge is -2.49. The largest absolute Gasteiger partial charge is 0.375 e. The zero-order chi connectivity index (χ0) is 21.1. The summed E-state index contributed by atoms with van der Waals surface area (Å²) in [7, 11) is 0. The van der Waals surface area contributed by atoms with Gasteiger partial charge in [0.05, 0.1) is 17.5 Å². The molecule has 0 radical (unpaired) electrons. The molecule has 7 heteroatoms. The number of ether oxygens (including phenoxy) is 1. The van der Waals surface area contributed by atoms with Gasteiger partial charge in [0.1, 0.15) is 5.69 Å². The van der Waals surface area contributed by atoms with Crippen molar-refractivity contribution < 1.29 is 9.53 Å². The highest BCUT2D eigenvalue weighted by atomic mass is 16.5. The number of piperidine rings is 1. The predicted molar refractivity (Wildman–Crippen MR) is 116 cm³/mol. The van der Waals surface area contributed by atoms with Crippen LogP contribution in [-0.2, 0) is 4.74 Å². The first-order valence-corrected chi connectivity index (χ1v) is 11.6. The van der Waals surface area contributed by atoms with Crippen LogP contribution in [-0.4, -0.2) is 94.6 Å². The monoisotopic (exact) mass is 415 g/mol. The van der Waals surface area contributed by atoms with Crippen molar-refractivity contribution in [3.63, 3.8) is 0 Å². The Kier molecular flexibility index (Phi) is 6.70. The van der Waals surface area contributed by atoms with Crippen LogP contribution in [0.15, 0.2) is 12.4 Å². The number of piperazine rings is 1. The third-order valence-corrected chi connectivity index (χ3v) is 6.98. The molecule has 0 aromatic carbocycles. The summed E-state index contributed by atoms with van der Waals surface area (Å²) in [6.45, 7) is 14.7. The summed E-state index contributed by atoms with van der Waals surface area (Å²) < 4.78 is 6.35. The molecule has 0 saturated carbocycles.